The first-order valence-electron chi connectivity index (χ1n) is 7.34. The van der Waals surface area contributed by atoms with E-state index >= 15 is 0 Å². The maximum Gasteiger partial charge on any atom is 0.330 e. The third-order valence-electron chi connectivity index (χ3n) is 3.29. The highest BCUT2D eigenvalue weighted by molar-refractivity contribution is 6.16. The summed E-state index contributed by atoms with van der Waals surface area (Å²) in [6, 6.07) is -0.613. The van der Waals surface area contributed by atoms with E-state index in [1.807, 2.05) is 6.92 Å². The molecular formula is C14H24N2O5. The van der Waals surface area contributed by atoms with Crippen LogP contribution in [0.15, 0.2) is 0 Å². The van der Waals surface area contributed by atoms with Crippen molar-refractivity contribution in [2.75, 3.05) is 33.5 Å². The van der Waals surface area contributed by atoms with Gasteiger partial charge in [0, 0.05) is 20.3 Å². The molecule has 0 aromatic rings. The Kier molecular flexibility index (Phi) is 7.92. The van der Waals surface area contributed by atoms with Gasteiger partial charge >= 0.3 is 6.03 Å². The monoisotopic (exact) mass is 300 g/mol. The van der Waals surface area contributed by atoms with Crippen molar-refractivity contribution in [3.05, 3.63) is 0 Å². The Bertz CT molecular complexity index is 372. The molecule has 0 bridgehead atoms. The Morgan fingerprint density at radius 2 is 1.90 bits per heavy atom. The molecule has 7 heteroatoms. The third-order valence-corrected chi connectivity index (χ3v) is 3.29. The van der Waals surface area contributed by atoms with Crippen molar-refractivity contribution in [3.63, 3.8) is 0 Å². The number of methoxy groups -OCH3 is 1. The fourth-order valence-corrected chi connectivity index (χ4v) is 2.13. The second-order valence-corrected chi connectivity index (χ2v) is 4.94. The Morgan fingerprint density at radius 3 is 2.57 bits per heavy atom. The molecule has 1 saturated heterocycles. The van der Waals surface area contributed by atoms with Gasteiger partial charge in [0.1, 0.15) is 5.92 Å². The first kappa shape index (κ1) is 17.6. The number of nitrogens with one attached hydrogen (secondary N) is 1. The molecule has 1 N–H and O–H groups in total. The fourth-order valence-electron chi connectivity index (χ4n) is 2.13. The van der Waals surface area contributed by atoms with Gasteiger partial charge in [-0.1, -0.05) is 13.3 Å². The van der Waals surface area contributed by atoms with Gasteiger partial charge in [-0.25, -0.2) is 4.79 Å². The number of barbiturate groups is 1. The van der Waals surface area contributed by atoms with Crippen molar-refractivity contribution in [1.29, 1.82) is 0 Å². The quantitative estimate of drug-likeness (QED) is 0.479. The molecule has 1 rings (SSSR count). The number of hydrogen-bond donors (Lipinski definition) is 1. The summed E-state index contributed by atoms with van der Waals surface area (Å²) in [5.41, 5.74) is 0. The first-order chi connectivity index (χ1) is 10.1. The summed E-state index contributed by atoms with van der Waals surface area (Å²) >= 11 is 0. The molecule has 1 aliphatic rings. The van der Waals surface area contributed by atoms with Crippen molar-refractivity contribution in [1.82, 2.24) is 10.2 Å². The third kappa shape index (κ3) is 5.43. The van der Waals surface area contributed by atoms with Gasteiger partial charge in [-0.05, 0) is 19.3 Å². The van der Waals surface area contributed by atoms with Crippen LogP contribution in [0.2, 0.25) is 0 Å². The number of imide groups is 2. The van der Waals surface area contributed by atoms with E-state index in [9.17, 15) is 14.4 Å². The highest BCUT2D eigenvalue weighted by Crippen LogP contribution is 2.16. The van der Waals surface area contributed by atoms with Crippen LogP contribution in [-0.2, 0) is 19.1 Å². The SMILES string of the molecule is CCCC1C(=O)NC(=O)N(CCCCOCCOC)C1=O. The summed E-state index contributed by atoms with van der Waals surface area (Å²) in [5, 5.41) is 2.24. The maximum absolute atomic E-state index is 12.1. The van der Waals surface area contributed by atoms with E-state index in [1.165, 1.54) is 0 Å². The van der Waals surface area contributed by atoms with Crippen molar-refractivity contribution < 1.29 is 23.9 Å². The normalized spacial score (nSPS) is 19.0. The molecule has 1 heterocycles. The van der Waals surface area contributed by atoms with Crippen LogP contribution in [0.4, 0.5) is 4.79 Å². The zero-order chi connectivity index (χ0) is 15.7. The Labute approximate surface area is 124 Å². The highest BCUT2D eigenvalue weighted by atomic mass is 16.5. The summed E-state index contributed by atoms with van der Waals surface area (Å²) in [5.74, 6) is -1.59. The van der Waals surface area contributed by atoms with Crippen molar-refractivity contribution in [2.45, 2.75) is 32.6 Å². The standard InChI is InChI=1S/C14H24N2O5/c1-3-6-11-12(17)15-14(19)16(13(11)18)7-4-5-8-21-10-9-20-2/h11H,3-10H2,1-2H3,(H,15,17,19). The van der Waals surface area contributed by atoms with Crippen LogP contribution >= 0.6 is 0 Å². The molecule has 7 nitrogen and oxygen atoms in total. The van der Waals surface area contributed by atoms with Crippen LogP contribution < -0.4 is 5.32 Å². The molecule has 0 radical (unpaired) electrons. The van der Waals surface area contributed by atoms with Gasteiger partial charge in [0.15, 0.2) is 0 Å². The lowest BCUT2D eigenvalue weighted by Gasteiger charge is -2.30. The molecule has 0 aromatic carbocycles. The minimum absolute atomic E-state index is 0.311. The number of urea groups is 1. The topological polar surface area (TPSA) is 84.9 Å². The van der Waals surface area contributed by atoms with Crippen LogP contribution in [0.3, 0.4) is 0 Å². The molecule has 120 valence electrons. The zero-order valence-corrected chi connectivity index (χ0v) is 12.7. The Hall–Kier alpha value is -1.47. The predicted molar refractivity (Wildman–Crippen MR) is 75.6 cm³/mol. The van der Waals surface area contributed by atoms with Crippen molar-refractivity contribution >= 4 is 17.8 Å². The minimum Gasteiger partial charge on any atom is -0.382 e. The van der Waals surface area contributed by atoms with E-state index in [0.29, 0.717) is 39.2 Å². The predicted octanol–water partition coefficient (Wildman–Crippen LogP) is 0.924. The molecular weight excluding hydrogens is 276 g/mol. The lowest BCUT2D eigenvalue weighted by atomic mass is 9.99. The van der Waals surface area contributed by atoms with Gasteiger partial charge in [0.25, 0.3) is 0 Å². The summed E-state index contributed by atoms with van der Waals surface area (Å²) in [7, 11) is 1.61. The molecule has 1 atom stereocenters. The molecule has 21 heavy (non-hydrogen) atoms. The van der Waals surface area contributed by atoms with Crippen molar-refractivity contribution in [2.24, 2.45) is 5.92 Å². The molecule has 0 spiro atoms. The number of amides is 4. The van der Waals surface area contributed by atoms with Crippen LogP contribution in [0.5, 0.6) is 0 Å². The number of nitrogens with zero attached hydrogens (tertiary/aromatic N) is 1. The van der Waals surface area contributed by atoms with Gasteiger partial charge in [0.05, 0.1) is 13.2 Å². The van der Waals surface area contributed by atoms with Gasteiger partial charge in [0.2, 0.25) is 11.8 Å². The minimum atomic E-state index is -0.731. The molecule has 1 unspecified atom stereocenters. The fraction of sp³-hybridized carbons (Fsp3) is 0.786. The molecule has 4 amide bonds. The van der Waals surface area contributed by atoms with Crippen LogP contribution in [0.25, 0.3) is 0 Å². The van der Waals surface area contributed by atoms with E-state index in [2.05, 4.69) is 5.32 Å². The lowest BCUT2D eigenvalue weighted by molar-refractivity contribution is -0.142. The van der Waals surface area contributed by atoms with Gasteiger partial charge in [-0.2, -0.15) is 0 Å². The van der Waals surface area contributed by atoms with E-state index in [-0.39, 0.29) is 5.91 Å². The van der Waals surface area contributed by atoms with Gasteiger partial charge in [-0.15, -0.1) is 0 Å². The number of carbonyl (C=O) groups is 3. The summed E-state index contributed by atoms with van der Waals surface area (Å²) in [4.78, 5) is 36.6. The average molecular weight is 300 g/mol. The number of ether oxygens (including phenoxy) is 2. The van der Waals surface area contributed by atoms with E-state index < -0.39 is 17.9 Å². The first-order valence-corrected chi connectivity index (χ1v) is 7.34. The number of hydrogen-bond acceptors (Lipinski definition) is 5. The second-order valence-electron chi connectivity index (χ2n) is 4.94. The number of unbranched alkanes of at least 4 members (excludes halogenated alkanes) is 1. The molecule has 0 aromatic heterocycles. The lowest BCUT2D eigenvalue weighted by Crippen LogP contribution is -2.58. The average Bonchev–Trinajstić information content (AvgIpc) is 2.45. The number of rotatable bonds is 10. The second kappa shape index (κ2) is 9.46. The maximum atomic E-state index is 12.1. The summed E-state index contributed by atoms with van der Waals surface area (Å²) in [6.45, 7) is 3.86. The molecule has 1 fully saturated rings. The van der Waals surface area contributed by atoms with E-state index in [1.54, 1.807) is 7.11 Å². The van der Waals surface area contributed by atoms with E-state index in [4.69, 9.17) is 9.47 Å². The Morgan fingerprint density at radius 1 is 1.14 bits per heavy atom. The molecule has 1 aliphatic heterocycles. The van der Waals surface area contributed by atoms with E-state index in [0.717, 1.165) is 17.7 Å². The smallest absolute Gasteiger partial charge is 0.330 e. The van der Waals surface area contributed by atoms with Crippen molar-refractivity contribution in [3.8, 4) is 0 Å². The Balaban J connectivity index is 2.33. The van der Waals surface area contributed by atoms with Gasteiger partial charge < -0.3 is 9.47 Å². The molecule has 0 saturated carbocycles. The van der Waals surface area contributed by atoms with Crippen LogP contribution in [0.1, 0.15) is 32.6 Å². The summed E-state index contributed by atoms with van der Waals surface area (Å²) in [6.07, 6.45) is 2.58. The van der Waals surface area contributed by atoms with Crippen LogP contribution in [0, 0.1) is 5.92 Å². The molecule has 0 aliphatic carbocycles. The highest BCUT2D eigenvalue weighted by Gasteiger charge is 2.39. The van der Waals surface area contributed by atoms with Crippen LogP contribution in [-0.4, -0.2) is 56.2 Å². The summed E-state index contributed by atoms with van der Waals surface area (Å²) < 4.78 is 10.2. The number of carbonyl (C=O) groups excluding carboxylic acids is 3. The largest absolute Gasteiger partial charge is 0.382 e. The zero-order valence-electron chi connectivity index (χ0n) is 12.7. The van der Waals surface area contributed by atoms with Gasteiger partial charge in [-0.3, -0.25) is 19.8 Å².